The highest BCUT2D eigenvalue weighted by Gasteiger charge is 2.46. The van der Waals surface area contributed by atoms with Gasteiger partial charge < -0.3 is 4.74 Å². The number of alkyl halides is 1. The van der Waals surface area contributed by atoms with Crippen LogP contribution in [0.1, 0.15) is 38.7 Å². The molecule has 0 saturated heterocycles. The number of rotatable bonds is 2. The summed E-state index contributed by atoms with van der Waals surface area (Å²) < 4.78 is 5.41. The van der Waals surface area contributed by atoms with Crippen LogP contribution in [-0.2, 0) is 4.79 Å². The first-order valence-electron chi connectivity index (χ1n) is 5.93. The lowest BCUT2D eigenvalue weighted by molar-refractivity contribution is -0.147. The zero-order valence-corrected chi connectivity index (χ0v) is 12.0. The Morgan fingerprint density at radius 3 is 2.71 bits per heavy atom. The van der Waals surface area contributed by atoms with E-state index in [1.165, 1.54) is 0 Å². The fourth-order valence-electron chi connectivity index (χ4n) is 2.46. The minimum Gasteiger partial charge on any atom is -0.426 e. The molecule has 1 unspecified atom stereocenters. The number of esters is 1. The third-order valence-corrected chi connectivity index (χ3v) is 4.69. The molecule has 1 aromatic rings. The quantitative estimate of drug-likeness (QED) is 0.470. The molecule has 0 N–H and O–H groups in total. The summed E-state index contributed by atoms with van der Waals surface area (Å²) in [5, 5.41) is 0. The van der Waals surface area contributed by atoms with Crippen molar-refractivity contribution in [1.29, 1.82) is 0 Å². The molecule has 1 aliphatic rings. The minimum absolute atomic E-state index is 0.140. The van der Waals surface area contributed by atoms with Crippen molar-refractivity contribution in [3.05, 3.63) is 29.8 Å². The van der Waals surface area contributed by atoms with Gasteiger partial charge in [0.1, 0.15) is 5.75 Å². The summed E-state index contributed by atoms with van der Waals surface area (Å²) in [4.78, 5) is 12.4. The van der Waals surface area contributed by atoms with Crippen LogP contribution in [0.25, 0.3) is 0 Å². The van der Waals surface area contributed by atoms with E-state index in [2.05, 4.69) is 28.9 Å². The molecule has 2 rings (SSSR count). The van der Waals surface area contributed by atoms with E-state index in [9.17, 15) is 4.79 Å². The van der Waals surface area contributed by atoms with E-state index in [1.807, 2.05) is 32.0 Å². The van der Waals surface area contributed by atoms with Crippen LogP contribution in [0, 0.1) is 5.41 Å². The number of para-hydroxylation sites is 1. The van der Waals surface area contributed by atoms with Gasteiger partial charge in [-0.25, -0.2) is 0 Å². The average molecular weight is 297 g/mol. The van der Waals surface area contributed by atoms with Crippen molar-refractivity contribution >= 4 is 21.9 Å². The Morgan fingerprint density at radius 2 is 2.06 bits per heavy atom. The Kier molecular flexibility index (Phi) is 3.30. The average Bonchev–Trinajstić information content (AvgIpc) is 2.29. The number of fused-ring (bicyclic) bond motifs is 1. The van der Waals surface area contributed by atoms with Gasteiger partial charge >= 0.3 is 5.97 Å². The first-order chi connectivity index (χ1) is 7.98. The molecule has 0 saturated carbocycles. The maximum absolute atomic E-state index is 12.1. The van der Waals surface area contributed by atoms with Crippen LogP contribution in [0.2, 0.25) is 0 Å². The van der Waals surface area contributed by atoms with Crippen molar-refractivity contribution in [1.82, 2.24) is 0 Å². The number of hydrogen-bond acceptors (Lipinski definition) is 2. The molecule has 1 heterocycles. The van der Waals surface area contributed by atoms with Gasteiger partial charge in [-0.05, 0) is 26.3 Å². The van der Waals surface area contributed by atoms with Crippen LogP contribution in [0.3, 0.4) is 0 Å². The van der Waals surface area contributed by atoms with Crippen molar-refractivity contribution in [2.75, 3.05) is 0 Å². The molecule has 0 radical (unpaired) electrons. The van der Waals surface area contributed by atoms with E-state index in [4.69, 9.17) is 4.74 Å². The van der Waals surface area contributed by atoms with Gasteiger partial charge in [-0.3, -0.25) is 4.79 Å². The van der Waals surface area contributed by atoms with Gasteiger partial charge in [0.2, 0.25) is 0 Å². The molecule has 17 heavy (non-hydrogen) atoms. The number of hydrogen-bond donors (Lipinski definition) is 0. The third-order valence-electron chi connectivity index (χ3n) is 3.51. The summed E-state index contributed by atoms with van der Waals surface area (Å²) in [6, 6.07) is 7.82. The normalized spacial score (nSPS) is 23.8. The SMILES string of the molecule is CC[C@@H](Br)C1c2ccccc2OC(=O)C1(C)C. The molecule has 0 fully saturated rings. The van der Waals surface area contributed by atoms with Crippen LogP contribution >= 0.6 is 15.9 Å². The standard InChI is InChI=1S/C14H17BrO2/c1-4-10(15)12-9-7-5-6-8-11(9)17-13(16)14(12,2)3/h5-8,10,12H,4H2,1-3H3/t10-,12?/m1/s1. The fraction of sp³-hybridized carbons (Fsp3) is 0.500. The number of ether oxygens (including phenoxy) is 1. The predicted octanol–water partition coefficient (Wildman–Crippen LogP) is 3.89. The van der Waals surface area contributed by atoms with Gasteiger partial charge in [-0.15, -0.1) is 0 Å². The van der Waals surface area contributed by atoms with Gasteiger partial charge in [-0.2, -0.15) is 0 Å². The van der Waals surface area contributed by atoms with Crippen LogP contribution in [0.5, 0.6) is 5.75 Å². The summed E-state index contributed by atoms with van der Waals surface area (Å²) in [5.41, 5.74) is 0.638. The van der Waals surface area contributed by atoms with Crippen molar-refractivity contribution in [3.8, 4) is 5.75 Å². The molecular weight excluding hydrogens is 280 g/mol. The zero-order chi connectivity index (χ0) is 12.6. The Morgan fingerprint density at radius 1 is 1.41 bits per heavy atom. The Balaban J connectivity index is 2.55. The molecular formula is C14H17BrO2. The minimum atomic E-state index is -0.488. The molecule has 0 aromatic heterocycles. The second kappa shape index (κ2) is 4.45. The number of carbonyl (C=O) groups is 1. The fourth-order valence-corrected chi connectivity index (χ4v) is 3.41. The molecule has 3 heteroatoms. The predicted molar refractivity (Wildman–Crippen MR) is 71.6 cm³/mol. The highest BCUT2D eigenvalue weighted by atomic mass is 79.9. The summed E-state index contributed by atoms with van der Waals surface area (Å²) in [7, 11) is 0. The molecule has 92 valence electrons. The molecule has 0 bridgehead atoms. The highest BCUT2D eigenvalue weighted by molar-refractivity contribution is 9.09. The maximum Gasteiger partial charge on any atom is 0.317 e. The van der Waals surface area contributed by atoms with Crippen molar-refractivity contribution in [2.45, 2.75) is 37.9 Å². The van der Waals surface area contributed by atoms with E-state index in [0.29, 0.717) is 5.75 Å². The largest absolute Gasteiger partial charge is 0.426 e. The smallest absolute Gasteiger partial charge is 0.317 e. The van der Waals surface area contributed by atoms with Crippen molar-refractivity contribution < 1.29 is 9.53 Å². The number of benzene rings is 1. The van der Waals surface area contributed by atoms with E-state index in [-0.39, 0.29) is 16.7 Å². The molecule has 0 amide bonds. The van der Waals surface area contributed by atoms with Gasteiger partial charge in [0, 0.05) is 16.3 Å². The van der Waals surface area contributed by atoms with E-state index >= 15 is 0 Å². The number of carbonyl (C=O) groups excluding carboxylic acids is 1. The second-order valence-corrected chi connectivity index (χ2v) is 6.23. The molecule has 2 nitrogen and oxygen atoms in total. The van der Waals surface area contributed by atoms with Gasteiger partial charge in [0.15, 0.2) is 0 Å². The van der Waals surface area contributed by atoms with E-state index in [1.54, 1.807) is 0 Å². The third kappa shape index (κ3) is 2.01. The van der Waals surface area contributed by atoms with Gasteiger partial charge in [0.05, 0.1) is 5.41 Å². The zero-order valence-electron chi connectivity index (χ0n) is 10.4. The summed E-state index contributed by atoms with van der Waals surface area (Å²) in [6.45, 7) is 6.04. The second-order valence-electron chi connectivity index (χ2n) is 5.05. The highest BCUT2D eigenvalue weighted by Crippen LogP contribution is 2.49. The maximum atomic E-state index is 12.1. The van der Waals surface area contributed by atoms with Gasteiger partial charge in [-0.1, -0.05) is 41.1 Å². The molecule has 0 aliphatic carbocycles. The van der Waals surface area contributed by atoms with Crippen LogP contribution in [-0.4, -0.2) is 10.8 Å². The summed E-state index contributed by atoms with van der Waals surface area (Å²) >= 11 is 3.70. The Hall–Kier alpha value is -0.830. The van der Waals surface area contributed by atoms with Crippen LogP contribution in [0.4, 0.5) is 0 Å². The Labute approximate surface area is 110 Å². The topological polar surface area (TPSA) is 26.3 Å². The molecule has 1 aromatic carbocycles. The lowest BCUT2D eigenvalue weighted by atomic mass is 9.71. The Bertz CT molecular complexity index is 440. The van der Waals surface area contributed by atoms with Crippen LogP contribution < -0.4 is 4.74 Å². The van der Waals surface area contributed by atoms with Crippen molar-refractivity contribution in [2.24, 2.45) is 5.41 Å². The summed E-state index contributed by atoms with van der Waals surface area (Å²) in [6.07, 6.45) is 0.982. The first kappa shape index (κ1) is 12.6. The van der Waals surface area contributed by atoms with Crippen LogP contribution in [0.15, 0.2) is 24.3 Å². The first-order valence-corrected chi connectivity index (χ1v) is 6.85. The van der Waals surface area contributed by atoms with Crippen molar-refractivity contribution in [3.63, 3.8) is 0 Å². The lowest BCUT2D eigenvalue weighted by Gasteiger charge is -2.40. The monoisotopic (exact) mass is 296 g/mol. The molecule has 2 atom stereocenters. The van der Waals surface area contributed by atoms with Gasteiger partial charge in [0.25, 0.3) is 0 Å². The van der Waals surface area contributed by atoms with E-state index < -0.39 is 5.41 Å². The summed E-state index contributed by atoms with van der Waals surface area (Å²) in [5.74, 6) is 0.726. The van der Waals surface area contributed by atoms with E-state index in [0.717, 1.165) is 12.0 Å². The number of halogens is 1. The molecule has 1 aliphatic heterocycles. The lowest BCUT2D eigenvalue weighted by Crippen LogP contribution is -2.42. The molecule has 0 spiro atoms.